The molecule has 0 aliphatic carbocycles. The van der Waals surface area contributed by atoms with Crippen molar-refractivity contribution in [1.29, 1.82) is 0 Å². The molecule has 0 spiro atoms. The van der Waals surface area contributed by atoms with Gasteiger partial charge in [0.15, 0.2) is 5.96 Å². The summed E-state index contributed by atoms with van der Waals surface area (Å²) >= 11 is 0. The number of para-hydroxylation sites is 2. The molecule has 1 heterocycles. The summed E-state index contributed by atoms with van der Waals surface area (Å²) in [6, 6.07) is 16.0. The molecule has 0 amide bonds. The maximum Gasteiger partial charge on any atom is 0.191 e. The van der Waals surface area contributed by atoms with Crippen molar-refractivity contribution in [2.24, 2.45) is 10.4 Å². The van der Waals surface area contributed by atoms with Crippen LogP contribution in [0.15, 0.2) is 53.5 Å². The zero-order valence-electron chi connectivity index (χ0n) is 17.7. The first-order valence-electron chi connectivity index (χ1n) is 10.1. The van der Waals surface area contributed by atoms with Crippen LogP contribution in [-0.4, -0.2) is 44.5 Å². The second-order valence-electron chi connectivity index (χ2n) is 7.53. The van der Waals surface area contributed by atoms with Crippen molar-refractivity contribution in [3.05, 3.63) is 59.7 Å². The smallest absolute Gasteiger partial charge is 0.191 e. The molecule has 1 fully saturated rings. The monoisotopic (exact) mass is 525 g/mol. The number of hydrogen-bond donors (Lipinski definition) is 3. The molecule has 0 bridgehead atoms. The van der Waals surface area contributed by atoms with E-state index in [4.69, 9.17) is 9.47 Å². The molecular weight excluding hydrogens is 493 g/mol. The van der Waals surface area contributed by atoms with Crippen LogP contribution in [0.3, 0.4) is 0 Å². The van der Waals surface area contributed by atoms with Crippen LogP contribution in [0.1, 0.15) is 24.0 Å². The number of aliphatic hydroxyl groups is 1. The van der Waals surface area contributed by atoms with Crippen molar-refractivity contribution in [1.82, 2.24) is 10.6 Å². The van der Waals surface area contributed by atoms with Gasteiger partial charge in [-0.05, 0) is 37.5 Å². The van der Waals surface area contributed by atoms with Gasteiger partial charge >= 0.3 is 0 Å². The van der Waals surface area contributed by atoms with Gasteiger partial charge in [0.1, 0.15) is 11.5 Å². The maximum absolute atomic E-state index is 9.39. The number of ether oxygens (including phenoxy) is 2. The first-order valence-corrected chi connectivity index (χ1v) is 10.1. The van der Waals surface area contributed by atoms with Gasteiger partial charge in [0.25, 0.3) is 0 Å². The van der Waals surface area contributed by atoms with Gasteiger partial charge in [0, 0.05) is 44.3 Å². The van der Waals surface area contributed by atoms with E-state index in [1.807, 2.05) is 55.5 Å². The Morgan fingerprint density at radius 2 is 1.87 bits per heavy atom. The van der Waals surface area contributed by atoms with Gasteiger partial charge < -0.3 is 25.2 Å². The largest absolute Gasteiger partial charge is 0.457 e. The average molecular weight is 525 g/mol. The Morgan fingerprint density at radius 3 is 2.53 bits per heavy atom. The quantitative estimate of drug-likeness (QED) is 0.277. The Bertz CT molecular complexity index is 823. The molecule has 1 aliphatic rings. The van der Waals surface area contributed by atoms with Crippen LogP contribution in [0.5, 0.6) is 11.5 Å². The fourth-order valence-electron chi connectivity index (χ4n) is 3.52. The van der Waals surface area contributed by atoms with Crippen LogP contribution in [0.2, 0.25) is 0 Å². The molecule has 164 valence electrons. The number of nitrogens with one attached hydrogen (secondary N) is 2. The van der Waals surface area contributed by atoms with Crippen LogP contribution in [-0.2, 0) is 11.3 Å². The molecule has 0 aromatic heterocycles. The summed E-state index contributed by atoms with van der Waals surface area (Å²) in [4.78, 5) is 4.33. The summed E-state index contributed by atoms with van der Waals surface area (Å²) in [5, 5.41) is 16.2. The van der Waals surface area contributed by atoms with E-state index >= 15 is 0 Å². The van der Waals surface area contributed by atoms with Crippen LogP contribution in [0, 0.1) is 12.3 Å². The van der Waals surface area contributed by atoms with Gasteiger partial charge in [-0.2, -0.15) is 0 Å². The highest BCUT2D eigenvalue weighted by molar-refractivity contribution is 14.0. The fraction of sp³-hybridized carbons (Fsp3) is 0.435. The summed E-state index contributed by atoms with van der Waals surface area (Å²) in [6.45, 7) is 4.93. The van der Waals surface area contributed by atoms with E-state index in [-0.39, 0.29) is 36.0 Å². The second kappa shape index (κ2) is 12.1. The lowest BCUT2D eigenvalue weighted by atomic mass is 9.84. The third-order valence-corrected chi connectivity index (χ3v) is 5.41. The standard InChI is InChI=1S/C23H31N3O3.HI/c1-18-7-3-5-9-20(18)29-21-10-6-4-8-19(21)15-25-22(24-2)26-16-23(11-13-27)12-14-28-17-23;/h3-10,27H,11-17H2,1-2H3,(H2,24,25,26);1H. The number of benzene rings is 2. The van der Waals surface area contributed by atoms with Crippen molar-refractivity contribution in [3.8, 4) is 11.5 Å². The number of aliphatic imine (C=N–C) groups is 1. The SMILES string of the molecule is CN=C(NCc1ccccc1Oc1ccccc1C)NCC1(CCO)CCOC1.I. The molecule has 2 aromatic rings. The fourth-order valence-corrected chi connectivity index (χ4v) is 3.52. The molecule has 3 rings (SSSR count). The normalized spacial score (nSPS) is 18.6. The summed E-state index contributed by atoms with van der Waals surface area (Å²) < 4.78 is 11.7. The van der Waals surface area contributed by atoms with Gasteiger partial charge in [0.05, 0.1) is 6.61 Å². The van der Waals surface area contributed by atoms with E-state index in [2.05, 4.69) is 15.6 Å². The maximum atomic E-state index is 9.39. The average Bonchev–Trinajstić information content (AvgIpc) is 3.20. The molecule has 1 unspecified atom stereocenters. The van der Waals surface area contributed by atoms with Crippen molar-refractivity contribution >= 4 is 29.9 Å². The lowest BCUT2D eigenvalue weighted by Crippen LogP contribution is -2.44. The van der Waals surface area contributed by atoms with Crippen molar-refractivity contribution in [2.45, 2.75) is 26.3 Å². The summed E-state index contributed by atoms with van der Waals surface area (Å²) in [5.41, 5.74) is 2.12. The minimum Gasteiger partial charge on any atom is -0.457 e. The molecule has 2 aromatic carbocycles. The number of halogens is 1. The lowest BCUT2D eigenvalue weighted by molar-refractivity contribution is 0.127. The first-order chi connectivity index (χ1) is 14.2. The third kappa shape index (κ3) is 6.58. The third-order valence-electron chi connectivity index (χ3n) is 5.41. The van der Waals surface area contributed by atoms with E-state index in [0.29, 0.717) is 19.7 Å². The predicted octanol–water partition coefficient (Wildman–Crippen LogP) is 3.86. The molecule has 7 heteroatoms. The second-order valence-corrected chi connectivity index (χ2v) is 7.53. The summed E-state index contributed by atoms with van der Waals surface area (Å²) in [5.74, 6) is 2.40. The highest BCUT2D eigenvalue weighted by Crippen LogP contribution is 2.31. The summed E-state index contributed by atoms with van der Waals surface area (Å²) in [7, 11) is 1.76. The number of guanidine groups is 1. The van der Waals surface area contributed by atoms with Crippen LogP contribution < -0.4 is 15.4 Å². The molecule has 1 atom stereocenters. The number of aliphatic hydroxyl groups excluding tert-OH is 1. The van der Waals surface area contributed by atoms with Crippen molar-refractivity contribution < 1.29 is 14.6 Å². The summed E-state index contributed by atoms with van der Waals surface area (Å²) in [6.07, 6.45) is 1.68. The van der Waals surface area contributed by atoms with E-state index in [1.165, 1.54) is 0 Å². The highest BCUT2D eigenvalue weighted by atomic mass is 127. The van der Waals surface area contributed by atoms with Crippen molar-refractivity contribution in [2.75, 3.05) is 33.4 Å². The number of nitrogens with zero attached hydrogens (tertiary/aromatic N) is 1. The van der Waals surface area contributed by atoms with Crippen LogP contribution in [0.4, 0.5) is 0 Å². The molecule has 1 aliphatic heterocycles. The number of hydrogen-bond acceptors (Lipinski definition) is 4. The molecular formula is C23H32IN3O3. The Labute approximate surface area is 196 Å². The van der Waals surface area contributed by atoms with Gasteiger partial charge in [-0.25, -0.2) is 0 Å². The van der Waals surface area contributed by atoms with Crippen LogP contribution >= 0.6 is 24.0 Å². The molecule has 6 nitrogen and oxygen atoms in total. The van der Waals surface area contributed by atoms with Gasteiger partial charge in [-0.15, -0.1) is 24.0 Å². The highest BCUT2D eigenvalue weighted by Gasteiger charge is 2.34. The lowest BCUT2D eigenvalue weighted by Gasteiger charge is -2.27. The molecule has 3 N–H and O–H groups in total. The number of rotatable bonds is 8. The van der Waals surface area contributed by atoms with Gasteiger partial charge in [0.2, 0.25) is 0 Å². The van der Waals surface area contributed by atoms with E-state index < -0.39 is 0 Å². The topological polar surface area (TPSA) is 75.1 Å². The minimum atomic E-state index is -0.0295. The number of aryl methyl sites for hydroxylation is 1. The molecule has 1 saturated heterocycles. The van der Waals surface area contributed by atoms with E-state index in [1.54, 1.807) is 7.05 Å². The molecule has 0 radical (unpaired) electrons. The molecule has 30 heavy (non-hydrogen) atoms. The molecule has 0 saturated carbocycles. The van der Waals surface area contributed by atoms with Crippen LogP contribution in [0.25, 0.3) is 0 Å². The predicted molar refractivity (Wildman–Crippen MR) is 131 cm³/mol. The van der Waals surface area contributed by atoms with Gasteiger partial charge in [-0.1, -0.05) is 36.4 Å². The first kappa shape index (κ1) is 24.4. The Balaban J connectivity index is 0.00000320. The Hall–Kier alpha value is -1.84. The zero-order valence-corrected chi connectivity index (χ0v) is 20.0. The Morgan fingerprint density at radius 1 is 1.13 bits per heavy atom. The van der Waals surface area contributed by atoms with E-state index in [9.17, 15) is 5.11 Å². The van der Waals surface area contributed by atoms with Gasteiger partial charge in [-0.3, -0.25) is 4.99 Å². The Kier molecular flexibility index (Phi) is 9.87. The van der Waals surface area contributed by atoms with Crippen molar-refractivity contribution in [3.63, 3.8) is 0 Å². The van der Waals surface area contributed by atoms with E-state index in [0.717, 1.165) is 48.0 Å². The zero-order chi connectivity index (χ0) is 20.5. The minimum absolute atomic E-state index is 0.